The highest BCUT2D eigenvalue weighted by Crippen LogP contribution is 2.25. The second-order valence-electron chi connectivity index (χ2n) is 4.31. The molecule has 0 aliphatic rings. The molecule has 0 amide bonds. The van der Waals surface area contributed by atoms with E-state index < -0.39 is 0 Å². The number of aromatic nitrogens is 3. The lowest BCUT2D eigenvalue weighted by molar-refractivity contribution is 0.210. The van der Waals surface area contributed by atoms with Gasteiger partial charge < -0.3 is 14.6 Å². The molecule has 2 heterocycles. The molecule has 0 bridgehead atoms. The first-order chi connectivity index (χ1) is 8.63. The van der Waals surface area contributed by atoms with Gasteiger partial charge in [0.25, 0.3) is 0 Å². The van der Waals surface area contributed by atoms with Gasteiger partial charge >= 0.3 is 0 Å². The zero-order valence-corrected chi connectivity index (χ0v) is 11.5. The molecule has 0 fully saturated rings. The van der Waals surface area contributed by atoms with Crippen LogP contribution in [-0.4, -0.2) is 34.8 Å². The van der Waals surface area contributed by atoms with E-state index in [2.05, 4.69) is 33.7 Å². The van der Waals surface area contributed by atoms with E-state index in [0.717, 1.165) is 17.0 Å². The number of hydrogen-bond donors (Lipinski definition) is 1. The lowest BCUT2D eigenvalue weighted by Crippen LogP contribution is -2.13. The summed E-state index contributed by atoms with van der Waals surface area (Å²) in [5, 5.41) is 3.74. The van der Waals surface area contributed by atoms with Crippen molar-refractivity contribution in [1.29, 1.82) is 0 Å². The second kappa shape index (κ2) is 5.54. The molecule has 18 heavy (non-hydrogen) atoms. The van der Waals surface area contributed by atoms with Gasteiger partial charge in [-0.2, -0.15) is 0 Å². The third-order valence-electron chi connectivity index (χ3n) is 2.65. The van der Waals surface area contributed by atoms with Crippen LogP contribution in [0.25, 0.3) is 11.0 Å². The smallest absolute Gasteiger partial charge is 0.204 e. The molecule has 2 rings (SSSR count). The van der Waals surface area contributed by atoms with Crippen LogP contribution >= 0.6 is 11.6 Å². The number of ether oxygens (including phenoxy) is 1. The summed E-state index contributed by atoms with van der Waals surface area (Å²) in [6.45, 7) is 5.57. The van der Waals surface area contributed by atoms with Gasteiger partial charge in [0.1, 0.15) is 10.7 Å². The Morgan fingerprint density at radius 1 is 1.50 bits per heavy atom. The standard InChI is InChI=1S/C12H17ClN4O/c1-8(2)17-10-6-11(13)15-7-9(10)16-12(17)14-4-5-18-3/h6-8H,4-5H2,1-3H3,(H,14,16). The Morgan fingerprint density at radius 3 is 2.94 bits per heavy atom. The van der Waals surface area contributed by atoms with Crippen LogP contribution in [0.3, 0.4) is 0 Å². The van der Waals surface area contributed by atoms with Gasteiger partial charge in [-0.1, -0.05) is 11.6 Å². The average molecular weight is 269 g/mol. The van der Waals surface area contributed by atoms with Gasteiger partial charge in [-0.15, -0.1) is 0 Å². The number of anilines is 1. The lowest BCUT2D eigenvalue weighted by atomic mass is 10.3. The van der Waals surface area contributed by atoms with Crippen LogP contribution in [0.1, 0.15) is 19.9 Å². The van der Waals surface area contributed by atoms with Crippen molar-refractivity contribution in [3.05, 3.63) is 17.4 Å². The van der Waals surface area contributed by atoms with Crippen molar-refractivity contribution >= 4 is 28.6 Å². The minimum Gasteiger partial charge on any atom is -0.383 e. The fourth-order valence-electron chi connectivity index (χ4n) is 1.89. The number of halogens is 1. The first-order valence-corrected chi connectivity index (χ1v) is 6.27. The normalized spacial score (nSPS) is 11.4. The molecule has 98 valence electrons. The summed E-state index contributed by atoms with van der Waals surface area (Å²) in [5.41, 5.74) is 1.83. The first-order valence-electron chi connectivity index (χ1n) is 5.89. The van der Waals surface area contributed by atoms with Gasteiger partial charge in [0, 0.05) is 25.8 Å². The van der Waals surface area contributed by atoms with Crippen LogP contribution < -0.4 is 5.32 Å². The molecule has 0 aliphatic carbocycles. The Bertz CT molecular complexity index is 538. The summed E-state index contributed by atoms with van der Waals surface area (Å²) in [4.78, 5) is 8.58. The van der Waals surface area contributed by atoms with E-state index in [0.29, 0.717) is 24.3 Å². The predicted molar refractivity (Wildman–Crippen MR) is 73.3 cm³/mol. The first kappa shape index (κ1) is 13.1. The maximum absolute atomic E-state index is 5.94. The van der Waals surface area contributed by atoms with E-state index >= 15 is 0 Å². The molecule has 0 spiro atoms. The molecule has 0 saturated heterocycles. The maximum Gasteiger partial charge on any atom is 0.204 e. The molecular formula is C12H17ClN4O. The monoisotopic (exact) mass is 268 g/mol. The van der Waals surface area contributed by atoms with Crippen molar-refractivity contribution < 1.29 is 4.74 Å². The number of rotatable bonds is 5. The Hall–Kier alpha value is -1.33. The van der Waals surface area contributed by atoms with Crippen molar-refractivity contribution in [2.24, 2.45) is 0 Å². The molecule has 0 atom stereocenters. The van der Waals surface area contributed by atoms with E-state index in [9.17, 15) is 0 Å². The topological polar surface area (TPSA) is 52.0 Å². The summed E-state index contributed by atoms with van der Waals surface area (Å²) in [5.74, 6) is 0.820. The molecular weight excluding hydrogens is 252 g/mol. The number of nitrogens with zero attached hydrogens (tertiary/aromatic N) is 3. The molecule has 2 aromatic rings. The molecule has 6 heteroatoms. The molecule has 2 aromatic heterocycles. The maximum atomic E-state index is 5.94. The zero-order valence-electron chi connectivity index (χ0n) is 10.8. The fourth-order valence-corrected chi connectivity index (χ4v) is 2.04. The van der Waals surface area contributed by atoms with Gasteiger partial charge in [0.2, 0.25) is 5.95 Å². The summed E-state index contributed by atoms with van der Waals surface area (Å²) in [6, 6.07) is 2.13. The van der Waals surface area contributed by atoms with Crippen LogP contribution in [-0.2, 0) is 4.74 Å². The van der Waals surface area contributed by atoms with Crippen molar-refractivity contribution in [1.82, 2.24) is 14.5 Å². The summed E-state index contributed by atoms with van der Waals surface area (Å²) >= 11 is 5.94. The van der Waals surface area contributed by atoms with E-state index in [-0.39, 0.29) is 0 Å². The van der Waals surface area contributed by atoms with Gasteiger partial charge in [-0.25, -0.2) is 9.97 Å². The van der Waals surface area contributed by atoms with E-state index in [1.807, 2.05) is 6.07 Å². The number of fused-ring (bicyclic) bond motifs is 1. The largest absolute Gasteiger partial charge is 0.383 e. The number of nitrogens with one attached hydrogen (secondary N) is 1. The molecule has 0 saturated carbocycles. The van der Waals surface area contributed by atoms with Crippen LogP contribution in [0.5, 0.6) is 0 Å². The Kier molecular flexibility index (Phi) is 4.04. The highest BCUT2D eigenvalue weighted by molar-refractivity contribution is 6.29. The van der Waals surface area contributed by atoms with E-state index in [4.69, 9.17) is 16.3 Å². The molecule has 0 aromatic carbocycles. The number of methoxy groups -OCH3 is 1. The van der Waals surface area contributed by atoms with E-state index in [1.165, 1.54) is 0 Å². The van der Waals surface area contributed by atoms with Crippen molar-refractivity contribution in [2.75, 3.05) is 25.6 Å². The summed E-state index contributed by atoms with van der Waals surface area (Å²) in [7, 11) is 1.68. The van der Waals surface area contributed by atoms with Crippen molar-refractivity contribution in [3.8, 4) is 0 Å². The highest BCUT2D eigenvalue weighted by Gasteiger charge is 2.13. The third-order valence-corrected chi connectivity index (χ3v) is 2.85. The van der Waals surface area contributed by atoms with Crippen LogP contribution in [0, 0.1) is 0 Å². The highest BCUT2D eigenvalue weighted by atomic mass is 35.5. The van der Waals surface area contributed by atoms with Crippen molar-refractivity contribution in [3.63, 3.8) is 0 Å². The second-order valence-corrected chi connectivity index (χ2v) is 4.70. The molecule has 1 N–H and O–H groups in total. The minimum atomic E-state index is 0.290. The van der Waals surface area contributed by atoms with E-state index in [1.54, 1.807) is 13.3 Å². The molecule has 5 nitrogen and oxygen atoms in total. The molecule has 0 radical (unpaired) electrons. The Labute approximate surface area is 111 Å². The van der Waals surface area contributed by atoms with Crippen LogP contribution in [0.15, 0.2) is 12.3 Å². The van der Waals surface area contributed by atoms with Gasteiger partial charge in [0.05, 0.1) is 18.3 Å². The fraction of sp³-hybridized carbons (Fsp3) is 0.500. The molecule has 0 unspecified atom stereocenters. The Balaban J connectivity index is 2.41. The zero-order chi connectivity index (χ0) is 13.1. The van der Waals surface area contributed by atoms with Gasteiger partial charge in [0.15, 0.2) is 0 Å². The average Bonchev–Trinajstić information content (AvgIpc) is 2.67. The lowest BCUT2D eigenvalue weighted by Gasteiger charge is -2.13. The van der Waals surface area contributed by atoms with Crippen molar-refractivity contribution in [2.45, 2.75) is 19.9 Å². The number of pyridine rings is 1. The van der Waals surface area contributed by atoms with Gasteiger partial charge in [-0.05, 0) is 13.8 Å². The third kappa shape index (κ3) is 2.57. The van der Waals surface area contributed by atoms with Crippen LogP contribution in [0.4, 0.5) is 5.95 Å². The van der Waals surface area contributed by atoms with Crippen LogP contribution in [0.2, 0.25) is 5.15 Å². The predicted octanol–water partition coefficient (Wildman–Crippen LogP) is 2.72. The quantitative estimate of drug-likeness (QED) is 0.669. The summed E-state index contributed by atoms with van der Waals surface area (Å²) in [6.07, 6.45) is 1.69. The van der Waals surface area contributed by atoms with Gasteiger partial charge in [-0.3, -0.25) is 0 Å². The summed E-state index contributed by atoms with van der Waals surface area (Å²) < 4.78 is 7.13. The number of imidazole rings is 1. The Morgan fingerprint density at radius 2 is 2.28 bits per heavy atom. The minimum absolute atomic E-state index is 0.290. The number of hydrogen-bond acceptors (Lipinski definition) is 4. The SMILES string of the molecule is COCCNc1nc2cnc(Cl)cc2n1C(C)C. The molecule has 0 aliphatic heterocycles.